The van der Waals surface area contributed by atoms with Crippen LogP contribution in [0.1, 0.15) is 0 Å². The lowest BCUT2D eigenvalue weighted by Gasteiger charge is -1.92. The first-order valence-electron chi connectivity index (χ1n) is 3.35. The normalized spacial score (nSPS) is 10.1. The molecule has 0 amide bonds. The highest BCUT2D eigenvalue weighted by Crippen LogP contribution is 2.20. The zero-order valence-corrected chi connectivity index (χ0v) is 7.62. The summed E-state index contributed by atoms with van der Waals surface area (Å²) < 4.78 is 0.682. The van der Waals surface area contributed by atoms with Gasteiger partial charge in [-0.15, -0.1) is 5.10 Å². The van der Waals surface area contributed by atoms with Crippen LogP contribution in [0.15, 0.2) is 29.0 Å². The molecule has 0 fully saturated rings. The molecule has 0 atom stereocenters. The van der Waals surface area contributed by atoms with Gasteiger partial charge in [0, 0.05) is 6.20 Å². The third-order valence-corrected chi connectivity index (χ3v) is 1.97. The number of rotatable bonds is 1. The SMILES string of the molecule is Brc1n[nH]nc1-c1ccccn1. The van der Waals surface area contributed by atoms with E-state index in [1.165, 1.54) is 0 Å². The highest BCUT2D eigenvalue weighted by atomic mass is 79.9. The Labute approximate surface area is 77.2 Å². The van der Waals surface area contributed by atoms with E-state index in [0.29, 0.717) is 4.60 Å². The Balaban J connectivity index is 2.51. The van der Waals surface area contributed by atoms with Gasteiger partial charge in [0.2, 0.25) is 0 Å². The predicted molar refractivity (Wildman–Crippen MR) is 47.3 cm³/mol. The topological polar surface area (TPSA) is 54.5 Å². The molecule has 1 N–H and O–H groups in total. The summed E-state index contributed by atoms with van der Waals surface area (Å²) in [7, 11) is 0. The Morgan fingerprint density at radius 1 is 1.25 bits per heavy atom. The van der Waals surface area contributed by atoms with Gasteiger partial charge in [0.1, 0.15) is 5.69 Å². The van der Waals surface area contributed by atoms with Crippen molar-refractivity contribution in [3.63, 3.8) is 0 Å². The van der Waals surface area contributed by atoms with Crippen LogP contribution in [0, 0.1) is 0 Å². The van der Waals surface area contributed by atoms with Crippen molar-refractivity contribution in [2.75, 3.05) is 0 Å². The first-order chi connectivity index (χ1) is 5.88. The summed E-state index contributed by atoms with van der Waals surface area (Å²) in [5, 5.41) is 10.3. The van der Waals surface area contributed by atoms with Crippen molar-refractivity contribution < 1.29 is 0 Å². The molecular formula is C7H5BrN4. The van der Waals surface area contributed by atoms with Crippen molar-refractivity contribution in [3.05, 3.63) is 29.0 Å². The van der Waals surface area contributed by atoms with Crippen LogP contribution < -0.4 is 0 Å². The molecule has 2 aromatic rings. The Morgan fingerprint density at radius 3 is 2.75 bits per heavy atom. The molecule has 4 nitrogen and oxygen atoms in total. The first-order valence-corrected chi connectivity index (χ1v) is 4.15. The van der Waals surface area contributed by atoms with Gasteiger partial charge in [-0.2, -0.15) is 10.3 Å². The van der Waals surface area contributed by atoms with E-state index >= 15 is 0 Å². The molecule has 60 valence electrons. The van der Waals surface area contributed by atoms with Gasteiger partial charge in [-0.3, -0.25) is 4.98 Å². The Hall–Kier alpha value is -1.23. The lowest BCUT2D eigenvalue weighted by Crippen LogP contribution is -1.82. The van der Waals surface area contributed by atoms with E-state index in [1.54, 1.807) is 6.20 Å². The molecule has 2 heterocycles. The number of H-pyrrole nitrogens is 1. The number of nitrogens with one attached hydrogen (secondary N) is 1. The lowest BCUT2D eigenvalue weighted by molar-refractivity contribution is 0.934. The standard InChI is InChI=1S/C7H5BrN4/c8-7-6(10-12-11-7)5-3-1-2-4-9-5/h1-4H,(H,10,11,12). The second kappa shape index (κ2) is 3.02. The Kier molecular flexibility index (Phi) is 1.87. The third kappa shape index (κ3) is 1.23. The van der Waals surface area contributed by atoms with Crippen molar-refractivity contribution in [1.29, 1.82) is 0 Å². The number of nitrogens with zero attached hydrogens (tertiary/aromatic N) is 3. The van der Waals surface area contributed by atoms with Crippen LogP contribution >= 0.6 is 15.9 Å². The van der Waals surface area contributed by atoms with Crippen molar-refractivity contribution in [3.8, 4) is 11.4 Å². The van der Waals surface area contributed by atoms with Crippen LogP contribution in [0.2, 0.25) is 0 Å². The number of pyridine rings is 1. The van der Waals surface area contributed by atoms with Gasteiger partial charge in [0.05, 0.1) is 5.69 Å². The van der Waals surface area contributed by atoms with Crippen LogP contribution in [0.25, 0.3) is 11.4 Å². The van der Waals surface area contributed by atoms with Gasteiger partial charge in [0.15, 0.2) is 4.60 Å². The molecule has 0 aliphatic carbocycles. The molecule has 0 saturated heterocycles. The summed E-state index contributed by atoms with van der Waals surface area (Å²) >= 11 is 3.26. The minimum absolute atomic E-state index is 0.682. The second-order valence-electron chi connectivity index (χ2n) is 2.18. The zero-order valence-electron chi connectivity index (χ0n) is 6.03. The average Bonchev–Trinajstić information content (AvgIpc) is 2.53. The minimum Gasteiger partial charge on any atom is -0.254 e. The fraction of sp³-hybridized carbons (Fsp3) is 0. The van der Waals surface area contributed by atoms with E-state index in [-0.39, 0.29) is 0 Å². The molecule has 0 saturated carbocycles. The van der Waals surface area contributed by atoms with Crippen LogP contribution in [-0.4, -0.2) is 20.4 Å². The summed E-state index contributed by atoms with van der Waals surface area (Å²) in [5.74, 6) is 0. The third-order valence-electron chi connectivity index (χ3n) is 1.41. The van der Waals surface area contributed by atoms with Crippen LogP contribution in [0.4, 0.5) is 0 Å². The van der Waals surface area contributed by atoms with Crippen molar-refractivity contribution in [2.24, 2.45) is 0 Å². The second-order valence-corrected chi connectivity index (χ2v) is 2.93. The maximum absolute atomic E-state index is 4.13. The van der Waals surface area contributed by atoms with Crippen LogP contribution in [0.5, 0.6) is 0 Å². The molecule has 0 aromatic carbocycles. The molecule has 5 heteroatoms. The zero-order chi connectivity index (χ0) is 8.39. The monoisotopic (exact) mass is 224 g/mol. The fourth-order valence-corrected chi connectivity index (χ4v) is 1.25. The van der Waals surface area contributed by atoms with Gasteiger partial charge in [-0.25, -0.2) is 0 Å². The summed E-state index contributed by atoms with van der Waals surface area (Å²) in [4.78, 5) is 4.13. The van der Waals surface area contributed by atoms with Gasteiger partial charge < -0.3 is 0 Å². The van der Waals surface area contributed by atoms with Gasteiger partial charge in [-0.05, 0) is 28.1 Å². The van der Waals surface area contributed by atoms with Crippen molar-refractivity contribution in [2.45, 2.75) is 0 Å². The number of aromatic nitrogens is 4. The summed E-state index contributed by atoms with van der Waals surface area (Å²) in [5.41, 5.74) is 1.54. The van der Waals surface area contributed by atoms with E-state index in [2.05, 4.69) is 36.3 Å². The Bertz CT molecular complexity index is 370. The van der Waals surface area contributed by atoms with Gasteiger partial charge in [0.25, 0.3) is 0 Å². The highest BCUT2D eigenvalue weighted by molar-refractivity contribution is 9.10. The highest BCUT2D eigenvalue weighted by Gasteiger charge is 2.06. The molecular weight excluding hydrogens is 220 g/mol. The van der Waals surface area contributed by atoms with E-state index in [9.17, 15) is 0 Å². The van der Waals surface area contributed by atoms with Crippen molar-refractivity contribution >= 4 is 15.9 Å². The van der Waals surface area contributed by atoms with E-state index in [0.717, 1.165) is 11.4 Å². The van der Waals surface area contributed by atoms with Gasteiger partial charge in [-0.1, -0.05) is 6.07 Å². The number of halogens is 1. The minimum atomic E-state index is 0.682. The smallest absolute Gasteiger partial charge is 0.157 e. The largest absolute Gasteiger partial charge is 0.254 e. The van der Waals surface area contributed by atoms with Crippen LogP contribution in [-0.2, 0) is 0 Å². The summed E-state index contributed by atoms with van der Waals surface area (Å²) in [6.07, 6.45) is 1.72. The molecule has 0 aliphatic rings. The molecule has 12 heavy (non-hydrogen) atoms. The maximum atomic E-state index is 4.13. The number of aromatic amines is 1. The molecule has 0 radical (unpaired) electrons. The quantitative estimate of drug-likeness (QED) is 0.802. The molecule has 0 spiro atoms. The molecule has 2 rings (SSSR count). The fourth-order valence-electron chi connectivity index (χ4n) is 0.884. The molecule has 2 aromatic heterocycles. The van der Waals surface area contributed by atoms with Crippen LogP contribution in [0.3, 0.4) is 0 Å². The van der Waals surface area contributed by atoms with Crippen molar-refractivity contribution in [1.82, 2.24) is 20.4 Å². The summed E-state index contributed by atoms with van der Waals surface area (Å²) in [6.45, 7) is 0. The molecule has 0 bridgehead atoms. The maximum Gasteiger partial charge on any atom is 0.157 e. The van der Waals surface area contributed by atoms with E-state index < -0.39 is 0 Å². The number of hydrogen-bond acceptors (Lipinski definition) is 3. The molecule has 0 unspecified atom stereocenters. The van der Waals surface area contributed by atoms with Gasteiger partial charge >= 0.3 is 0 Å². The summed E-state index contributed by atoms with van der Waals surface area (Å²) in [6, 6.07) is 5.64. The van der Waals surface area contributed by atoms with E-state index in [4.69, 9.17) is 0 Å². The lowest BCUT2D eigenvalue weighted by atomic mass is 10.3. The Morgan fingerprint density at radius 2 is 2.17 bits per heavy atom. The molecule has 0 aliphatic heterocycles. The average molecular weight is 225 g/mol. The predicted octanol–water partition coefficient (Wildman–Crippen LogP) is 1.63. The first kappa shape index (κ1) is 7.42. The van der Waals surface area contributed by atoms with E-state index in [1.807, 2.05) is 18.2 Å². The number of hydrogen-bond donors (Lipinski definition) is 1.